The van der Waals surface area contributed by atoms with Gasteiger partial charge < -0.3 is 10.6 Å². The zero-order valence-electron chi connectivity index (χ0n) is 13.9. The number of rotatable bonds is 5. The molecule has 1 aliphatic rings. The molecule has 1 fully saturated rings. The summed E-state index contributed by atoms with van der Waals surface area (Å²) in [7, 11) is 0. The molecular weight excluding hydrogens is 383 g/mol. The van der Waals surface area contributed by atoms with Crippen molar-refractivity contribution >= 4 is 29.1 Å². The molecule has 0 atom stereocenters. The number of hydrogen-bond acceptors (Lipinski definition) is 3. The molecule has 1 aromatic carbocycles. The lowest BCUT2D eigenvalue weighted by Crippen LogP contribution is -2.39. The number of nitrogens with one attached hydrogen (secondary N) is 2. The van der Waals surface area contributed by atoms with Crippen LogP contribution in [-0.4, -0.2) is 16.8 Å². The number of amides is 2. The molecule has 0 spiro atoms. The summed E-state index contributed by atoms with van der Waals surface area (Å²) in [6.45, 7) is 0.223. The van der Waals surface area contributed by atoms with E-state index in [1.165, 1.54) is 0 Å². The minimum atomic E-state index is -4.57. The number of nitrogens with zero attached hydrogens (tertiary/aromatic N) is 1. The molecule has 1 aromatic heterocycles. The van der Waals surface area contributed by atoms with Crippen LogP contribution in [0.5, 0.6) is 0 Å². The van der Waals surface area contributed by atoms with E-state index in [-0.39, 0.29) is 17.3 Å². The first-order valence-electron chi connectivity index (χ1n) is 8.08. The predicted octanol–water partition coefficient (Wildman–Crippen LogP) is 3.79. The van der Waals surface area contributed by atoms with Crippen molar-refractivity contribution in [1.82, 2.24) is 10.3 Å². The smallest absolute Gasteiger partial charge is 0.351 e. The molecule has 0 aliphatic heterocycles. The Morgan fingerprint density at radius 3 is 2.37 bits per heavy atom. The maximum Gasteiger partial charge on any atom is 0.416 e. The van der Waals surface area contributed by atoms with E-state index >= 15 is 0 Å². The SMILES string of the molecule is O=C(NCc1ccncc1)C1(C(=O)Nc2cc(C(F)(F)F)ccc2Cl)CC1. The van der Waals surface area contributed by atoms with Gasteiger partial charge in [0, 0.05) is 18.9 Å². The highest BCUT2D eigenvalue weighted by atomic mass is 35.5. The summed E-state index contributed by atoms with van der Waals surface area (Å²) in [4.78, 5) is 28.9. The molecule has 0 bridgehead atoms. The summed E-state index contributed by atoms with van der Waals surface area (Å²) >= 11 is 5.89. The predicted molar refractivity (Wildman–Crippen MR) is 92.8 cm³/mol. The van der Waals surface area contributed by atoms with Gasteiger partial charge in [-0.2, -0.15) is 13.2 Å². The number of hydrogen-bond donors (Lipinski definition) is 2. The third-order valence-corrected chi connectivity index (χ3v) is 4.69. The van der Waals surface area contributed by atoms with Crippen LogP contribution in [0.4, 0.5) is 18.9 Å². The molecule has 0 saturated heterocycles. The van der Waals surface area contributed by atoms with Crippen molar-refractivity contribution in [3.05, 3.63) is 58.9 Å². The molecular formula is C18H15ClF3N3O2. The van der Waals surface area contributed by atoms with Gasteiger partial charge in [-0.3, -0.25) is 14.6 Å². The monoisotopic (exact) mass is 397 g/mol. The number of benzene rings is 1. The second-order valence-corrected chi connectivity index (χ2v) is 6.67. The largest absolute Gasteiger partial charge is 0.416 e. The van der Waals surface area contributed by atoms with E-state index in [1.54, 1.807) is 24.5 Å². The Balaban J connectivity index is 1.69. The van der Waals surface area contributed by atoms with Crippen LogP contribution in [0.2, 0.25) is 5.02 Å². The first kappa shape index (κ1) is 19.2. The van der Waals surface area contributed by atoms with Crippen LogP contribution in [0.1, 0.15) is 24.0 Å². The van der Waals surface area contributed by atoms with Crippen LogP contribution < -0.4 is 10.6 Å². The zero-order chi connectivity index (χ0) is 19.7. The lowest BCUT2D eigenvalue weighted by molar-refractivity contribution is -0.138. The maximum absolute atomic E-state index is 12.8. The van der Waals surface area contributed by atoms with Crippen LogP contribution in [0.15, 0.2) is 42.7 Å². The molecule has 1 aliphatic carbocycles. The van der Waals surface area contributed by atoms with E-state index in [0.717, 1.165) is 23.8 Å². The van der Waals surface area contributed by atoms with E-state index in [9.17, 15) is 22.8 Å². The van der Waals surface area contributed by atoms with Crippen LogP contribution in [0.3, 0.4) is 0 Å². The fraction of sp³-hybridized carbons (Fsp3) is 0.278. The maximum atomic E-state index is 12.8. The van der Waals surface area contributed by atoms with Crippen molar-refractivity contribution in [1.29, 1.82) is 0 Å². The van der Waals surface area contributed by atoms with E-state index < -0.39 is 29.0 Å². The second kappa shape index (κ2) is 7.19. The van der Waals surface area contributed by atoms with Gasteiger partial charge in [-0.15, -0.1) is 0 Å². The molecule has 2 amide bonds. The number of aromatic nitrogens is 1. The van der Waals surface area contributed by atoms with Crippen molar-refractivity contribution in [2.75, 3.05) is 5.32 Å². The highest BCUT2D eigenvalue weighted by Gasteiger charge is 2.56. The van der Waals surface area contributed by atoms with Crippen molar-refractivity contribution in [3.63, 3.8) is 0 Å². The van der Waals surface area contributed by atoms with Crippen molar-refractivity contribution < 1.29 is 22.8 Å². The van der Waals surface area contributed by atoms with E-state index in [1.807, 2.05) is 0 Å². The summed E-state index contributed by atoms with van der Waals surface area (Å²) in [5, 5.41) is 5.00. The molecule has 3 rings (SSSR count). The normalized spacial score (nSPS) is 15.1. The van der Waals surface area contributed by atoms with Gasteiger partial charge in [0.2, 0.25) is 11.8 Å². The average Bonchev–Trinajstić information content (AvgIpc) is 3.43. The summed E-state index contributed by atoms with van der Waals surface area (Å²) in [6.07, 6.45) is -0.772. The Morgan fingerprint density at radius 1 is 1.11 bits per heavy atom. The molecule has 5 nitrogen and oxygen atoms in total. The Morgan fingerprint density at radius 2 is 1.78 bits per heavy atom. The molecule has 1 heterocycles. The van der Waals surface area contributed by atoms with Crippen molar-refractivity contribution in [2.45, 2.75) is 25.6 Å². The Labute approximate surface area is 157 Å². The summed E-state index contributed by atoms with van der Waals surface area (Å²) in [5.74, 6) is -1.14. The van der Waals surface area contributed by atoms with Gasteiger partial charge >= 0.3 is 6.18 Å². The van der Waals surface area contributed by atoms with E-state index in [0.29, 0.717) is 12.8 Å². The number of anilines is 1. The quantitative estimate of drug-likeness (QED) is 0.754. The minimum absolute atomic E-state index is 0.0376. The highest BCUT2D eigenvalue weighted by Crippen LogP contribution is 2.47. The Bertz CT molecular complexity index is 868. The fourth-order valence-corrected chi connectivity index (χ4v) is 2.74. The average molecular weight is 398 g/mol. The van der Waals surface area contributed by atoms with Gasteiger partial charge in [0.05, 0.1) is 16.3 Å². The fourth-order valence-electron chi connectivity index (χ4n) is 2.57. The van der Waals surface area contributed by atoms with Gasteiger partial charge in [0.1, 0.15) is 5.41 Å². The van der Waals surface area contributed by atoms with E-state index in [4.69, 9.17) is 11.6 Å². The van der Waals surface area contributed by atoms with Crippen molar-refractivity contribution in [2.24, 2.45) is 5.41 Å². The summed E-state index contributed by atoms with van der Waals surface area (Å²) < 4.78 is 38.5. The van der Waals surface area contributed by atoms with Crippen LogP contribution in [0, 0.1) is 5.41 Å². The number of alkyl halides is 3. The molecule has 1 saturated carbocycles. The molecule has 27 heavy (non-hydrogen) atoms. The summed E-state index contributed by atoms with van der Waals surface area (Å²) in [5.41, 5.74) is -1.58. The van der Waals surface area contributed by atoms with Gasteiger partial charge in [-0.25, -0.2) is 0 Å². The number of pyridine rings is 1. The van der Waals surface area contributed by atoms with Gasteiger partial charge in [0.25, 0.3) is 0 Å². The third-order valence-electron chi connectivity index (χ3n) is 4.36. The van der Waals surface area contributed by atoms with Crippen molar-refractivity contribution in [3.8, 4) is 0 Å². The lowest BCUT2D eigenvalue weighted by Gasteiger charge is -2.17. The molecule has 2 N–H and O–H groups in total. The summed E-state index contributed by atoms with van der Waals surface area (Å²) in [6, 6.07) is 6.09. The number of carbonyl (C=O) groups is 2. The molecule has 0 unspecified atom stereocenters. The molecule has 0 radical (unpaired) electrons. The second-order valence-electron chi connectivity index (χ2n) is 6.27. The minimum Gasteiger partial charge on any atom is -0.351 e. The Hall–Kier alpha value is -2.61. The molecule has 9 heteroatoms. The van der Waals surface area contributed by atoms with Crippen LogP contribution in [-0.2, 0) is 22.3 Å². The van der Waals surface area contributed by atoms with Crippen LogP contribution in [0.25, 0.3) is 0 Å². The standard InChI is InChI=1S/C18H15ClF3N3O2/c19-13-2-1-12(18(20,21)22)9-14(13)25-16(27)17(5-6-17)15(26)24-10-11-3-7-23-8-4-11/h1-4,7-9H,5-6,10H2,(H,24,26)(H,25,27). The third kappa shape index (κ3) is 4.21. The van der Waals surface area contributed by atoms with Crippen LogP contribution >= 0.6 is 11.6 Å². The zero-order valence-corrected chi connectivity index (χ0v) is 14.7. The van der Waals surface area contributed by atoms with Gasteiger partial charge in [0.15, 0.2) is 0 Å². The van der Waals surface area contributed by atoms with E-state index in [2.05, 4.69) is 15.6 Å². The topological polar surface area (TPSA) is 71.1 Å². The molecule has 142 valence electrons. The first-order chi connectivity index (χ1) is 12.7. The Kier molecular flexibility index (Phi) is 5.10. The number of carbonyl (C=O) groups excluding carboxylic acids is 2. The molecule has 2 aromatic rings. The lowest BCUT2D eigenvalue weighted by atomic mass is 10.0. The first-order valence-corrected chi connectivity index (χ1v) is 8.45. The number of halogens is 4. The highest BCUT2D eigenvalue weighted by molar-refractivity contribution is 6.34. The van der Waals surface area contributed by atoms with Gasteiger partial charge in [-0.1, -0.05) is 11.6 Å². The van der Waals surface area contributed by atoms with Gasteiger partial charge in [-0.05, 0) is 48.7 Å².